The van der Waals surface area contributed by atoms with Crippen LogP contribution in [0.3, 0.4) is 0 Å². The second-order valence-corrected chi connectivity index (χ2v) is 3.32. The molecule has 0 aliphatic carbocycles. The first-order valence-corrected chi connectivity index (χ1v) is 4.61. The highest BCUT2D eigenvalue weighted by molar-refractivity contribution is 9.10. The van der Waals surface area contributed by atoms with Crippen LogP contribution in [0.1, 0.15) is 17.7 Å². The molecule has 72 valence electrons. The van der Waals surface area contributed by atoms with Gasteiger partial charge < -0.3 is 5.11 Å². The van der Waals surface area contributed by atoms with Crippen molar-refractivity contribution < 1.29 is 13.9 Å². The summed E-state index contributed by atoms with van der Waals surface area (Å²) < 4.78 is 24.6. The van der Waals surface area contributed by atoms with Gasteiger partial charge in [-0.15, -0.1) is 11.6 Å². The number of pyridine rings is 1. The number of nitrogens with zero attached hydrogens (tertiary/aromatic N) is 1. The van der Waals surface area contributed by atoms with E-state index in [4.69, 9.17) is 11.6 Å². The van der Waals surface area contributed by atoms with Gasteiger partial charge >= 0.3 is 0 Å². The van der Waals surface area contributed by atoms with Crippen LogP contribution >= 0.6 is 27.5 Å². The Morgan fingerprint density at radius 2 is 2.23 bits per heavy atom. The van der Waals surface area contributed by atoms with Gasteiger partial charge in [0.25, 0.3) is 6.43 Å². The van der Waals surface area contributed by atoms with Crippen molar-refractivity contribution in [2.24, 2.45) is 0 Å². The van der Waals surface area contributed by atoms with E-state index in [0.717, 1.165) is 6.20 Å². The first kappa shape index (κ1) is 10.7. The van der Waals surface area contributed by atoms with E-state index in [0.29, 0.717) is 0 Å². The summed E-state index contributed by atoms with van der Waals surface area (Å²) in [6.45, 7) is 0. The highest BCUT2D eigenvalue weighted by Gasteiger charge is 2.18. The smallest absolute Gasteiger partial charge is 0.281 e. The van der Waals surface area contributed by atoms with Gasteiger partial charge in [0, 0.05) is 5.56 Å². The van der Waals surface area contributed by atoms with Gasteiger partial charge in [0.1, 0.15) is 11.4 Å². The van der Waals surface area contributed by atoms with Crippen molar-refractivity contribution in [1.82, 2.24) is 4.98 Å². The van der Waals surface area contributed by atoms with Crippen molar-refractivity contribution in [3.63, 3.8) is 0 Å². The lowest BCUT2D eigenvalue weighted by Crippen LogP contribution is -1.95. The molecular formula is C7H5BrClF2NO. The fourth-order valence-corrected chi connectivity index (χ4v) is 1.86. The quantitative estimate of drug-likeness (QED) is 0.839. The Hall–Kier alpha value is -0.420. The molecule has 1 aromatic heterocycles. The van der Waals surface area contributed by atoms with Crippen molar-refractivity contribution in [1.29, 1.82) is 0 Å². The fourth-order valence-electron chi connectivity index (χ4n) is 0.812. The van der Waals surface area contributed by atoms with Crippen LogP contribution in [0, 0.1) is 0 Å². The van der Waals surface area contributed by atoms with Gasteiger partial charge in [0.15, 0.2) is 0 Å². The van der Waals surface area contributed by atoms with Gasteiger partial charge in [-0.1, -0.05) is 0 Å². The second kappa shape index (κ2) is 4.19. The maximum atomic E-state index is 12.3. The van der Waals surface area contributed by atoms with Crippen LogP contribution in [0.25, 0.3) is 0 Å². The van der Waals surface area contributed by atoms with E-state index in [1.54, 1.807) is 0 Å². The lowest BCUT2D eigenvalue weighted by Gasteiger charge is -2.07. The van der Waals surface area contributed by atoms with Gasteiger partial charge in [-0.3, -0.25) is 4.98 Å². The third kappa shape index (κ3) is 2.08. The molecular weight excluding hydrogens is 267 g/mol. The Labute approximate surface area is 86.7 Å². The van der Waals surface area contributed by atoms with Crippen LogP contribution < -0.4 is 0 Å². The molecule has 1 aromatic rings. The third-order valence-electron chi connectivity index (χ3n) is 1.47. The topological polar surface area (TPSA) is 33.1 Å². The highest BCUT2D eigenvalue weighted by atomic mass is 79.9. The first-order chi connectivity index (χ1) is 6.07. The molecule has 0 atom stereocenters. The molecule has 0 saturated carbocycles. The van der Waals surface area contributed by atoms with E-state index in [-0.39, 0.29) is 21.7 Å². The van der Waals surface area contributed by atoms with Crippen molar-refractivity contribution in [3.05, 3.63) is 21.9 Å². The first-order valence-electron chi connectivity index (χ1n) is 3.28. The molecule has 1 heterocycles. The summed E-state index contributed by atoms with van der Waals surface area (Å²) in [5.74, 6) is -0.236. The maximum Gasteiger partial charge on any atom is 0.281 e. The number of hydrogen-bond donors (Lipinski definition) is 1. The lowest BCUT2D eigenvalue weighted by atomic mass is 10.2. The monoisotopic (exact) mass is 271 g/mol. The van der Waals surface area contributed by atoms with Crippen molar-refractivity contribution in [3.8, 4) is 5.75 Å². The average molecular weight is 272 g/mol. The van der Waals surface area contributed by atoms with Crippen molar-refractivity contribution >= 4 is 27.5 Å². The predicted octanol–water partition coefficient (Wildman–Crippen LogP) is 3.23. The van der Waals surface area contributed by atoms with Crippen LogP contribution in [-0.4, -0.2) is 10.1 Å². The summed E-state index contributed by atoms with van der Waals surface area (Å²) >= 11 is 8.36. The second-order valence-electron chi connectivity index (χ2n) is 2.26. The minimum Gasteiger partial charge on any atom is -0.506 e. The summed E-state index contributed by atoms with van der Waals surface area (Å²) in [6.07, 6.45) is -1.72. The molecule has 1 N–H and O–H groups in total. The number of aromatic nitrogens is 1. The fraction of sp³-hybridized carbons (Fsp3) is 0.286. The van der Waals surface area contributed by atoms with Crippen molar-refractivity contribution in [2.45, 2.75) is 12.3 Å². The van der Waals surface area contributed by atoms with Crippen LogP contribution in [-0.2, 0) is 5.88 Å². The van der Waals surface area contributed by atoms with E-state index in [1.807, 2.05) is 0 Å². The van der Waals surface area contributed by atoms with E-state index in [9.17, 15) is 13.9 Å². The Morgan fingerprint density at radius 1 is 1.62 bits per heavy atom. The molecule has 0 fully saturated rings. The standard InChI is InChI=1S/C7H5BrClF2NO/c8-5-3(1-9)4(13)2-12-6(5)7(10)11/h2,7,13H,1H2. The molecule has 0 spiro atoms. The van der Waals surface area contributed by atoms with E-state index in [2.05, 4.69) is 20.9 Å². The van der Waals surface area contributed by atoms with Crippen LogP contribution in [0.2, 0.25) is 0 Å². The zero-order chi connectivity index (χ0) is 10.0. The van der Waals surface area contributed by atoms with E-state index >= 15 is 0 Å². The molecule has 0 aromatic carbocycles. The molecule has 0 amide bonds. The highest BCUT2D eigenvalue weighted by Crippen LogP contribution is 2.33. The summed E-state index contributed by atoms with van der Waals surface area (Å²) in [5.41, 5.74) is -0.180. The minimum atomic E-state index is -2.68. The molecule has 1 rings (SSSR count). The van der Waals surface area contributed by atoms with Crippen LogP contribution in [0.5, 0.6) is 5.75 Å². The van der Waals surface area contributed by atoms with Crippen LogP contribution in [0.4, 0.5) is 8.78 Å². The van der Waals surface area contributed by atoms with E-state index < -0.39 is 12.1 Å². The molecule has 2 nitrogen and oxygen atoms in total. The third-order valence-corrected chi connectivity index (χ3v) is 2.62. The summed E-state index contributed by atoms with van der Waals surface area (Å²) in [4.78, 5) is 3.38. The van der Waals surface area contributed by atoms with Gasteiger partial charge in [0.05, 0.1) is 16.5 Å². The summed E-state index contributed by atoms with van der Waals surface area (Å²) in [5, 5.41) is 9.18. The minimum absolute atomic E-state index is 0.0470. The Balaban J connectivity index is 3.27. The number of halogens is 4. The molecule has 0 unspecified atom stereocenters. The summed E-state index contributed by atoms with van der Waals surface area (Å²) in [6, 6.07) is 0. The Morgan fingerprint density at radius 3 is 2.69 bits per heavy atom. The Kier molecular flexibility index (Phi) is 3.44. The number of hydrogen-bond acceptors (Lipinski definition) is 2. The average Bonchev–Trinajstić information content (AvgIpc) is 2.04. The number of alkyl halides is 3. The van der Waals surface area contributed by atoms with E-state index in [1.165, 1.54) is 0 Å². The maximum absolute atomic E-state index is 12.3. The number of rotatable bonds is 2. The zero-order valence-corrected chi connectivity index (χ0v) is 8.61. The largest absolute Gasteiger partial charge is 0.506 e. The van der Waals surface area contributed by atoms with Crippen LogP contribution in [0.15, 0.2) is 10.7 Å². The normalized spacial score (nSPS) is 10.8. The van der Waals surface area contributed by atoms with Gasteiger partial charge in [-0.25, -0.2) is 8.78 Å². The van der Waals surface area contributed by atoms with Gasteiger partial charge in [0.2, 0.25) is 0 Å². The SMILES string of the molecule is Oc1cnc(C(F)F)c(Br)c1CCl. The summed E-state index contributed by atoms with van der Waals surface area (Å²) in [7, 11) is 0. The predicted molar refractivity (Wildman–Crippen MR) is 48.1 cm³/mol. The molecule has 0 radical (unpaired) electrons. The molecule has 0 aliphatic heterocycles. The molecule has 6 heteroatoms. The van der Waals surface area contributed by atoms with Gasteiger partial charge in [-0.05, 0) is 15.9 Å². The number of aromatic hydroxyl groups is 1. The lowest BCUT2D eigenvalue weighted by molar-refractivity contribution is 0.145. The molecule has 13 heavy (non-hydrogen) atoms. The Bertz CT molecular complexity index is 322. The molecule has 0 saturated heterocycles. The van der Waals surface area contributed by atoms with Gasteiger partial charge in [-0.2, -0.15) is 0 Å². The van der Waals surface area contributed by atoms with Crippen molar-refractivity contribution in [2.75, 3.05) is 0 Å². The molecule has 0 aliphatic rings. The molecule has 0 bridgehead atoms. The zero-order valence-electron chi connectivity index (χ0n) is 6.27.